The summed E-state index contributed by atoms with van der Waals surface area (Å²) < 4.78 is 0. The van der Waals surface area contributed by atoms with Crippen molar-refractivity contribution in [2.75, 3.05) is 13.1 Å². The van der Waals surface area contributed by atoms with Gasteiger partial charge in [0.15, 0.2) is 0 Å². The zero-order chi connectivity index (χ0) is 17.8. The SMILES string of the molecule is O=C(NCC(=O)N1CCCCC1c1ncn[nH]1)c1ccc(Cl)c(Cl)c1. The largest absolute Gasteiger partial charge is 0.343 e. The summed E-state index contributed by atoms with van der Waals surface area (Å²) in [6.45, 7) is 0.538. The maximum atomic E-state index is 12.6. The summed E-state index contributed by atoms with van der Waals surface area (Å²) in [4.78, 5) is 30.6. The van der Waals surface area contributed by atoms with Gasteiger partial charge in [-0.3, -0.25) is 14.7 Å². The average Bonchev–Trinajstić information content (AvgIpc) is 3.16. The molecule has 1 fully saturated rings. The lowest BCUT2D eigenvalue weighted by molar-refractivity contribution is -0.134. The molecular weight excluding hydrogens is 365 g/mol. The Hall–Kier alpha value is -2.12. The minimum absolute atomic E-state index is 0.0935. The molecule has 1 aromatic heterocycles. The van der Waals surface area contributed by atoms with Crippen molar-refractivity contribution in [3.05, 3.63) is 46.0 Å². The molecule has 3 rings (SSSR count). The molecular formula is C16H17Cl2N5O2. The van der Waals surface area contributed by atoms with E-state index in [1.54, 1.807) is 17.0 Å². The van der Waals surface area contributed by atoms with Crippen molar-refractivity contribution in [2.45, 2.75) is 25.3 Å². The maximum Gasteiger partial charge on any atom is 0.251 e. The van der Waals surface area contributed by atoms with Gasteiger partial charge in [-0.15, -0.1) is 0 Å². The van der Waals surface area contributed by atoms with Crippen molar-refractivity contribution in [3.8, 4) is 0 Å². The number of aromatic amines is 1. The number of halogens is 2. The number of piperidine rings is 1. The van der Waals surface area contributed by atoms with Crippen LogP contribution in [0.25, 0.3) is 0 Å². The third-order valence-electron chi connectivity index (χ3n) is 4.15. The van der Waals surface area contributed by atoms with Gasteiger partial charge in [0.05, 0.1) is 22.6 Å². The first-order chi connectivity index (χ1) is 12.1. The standard InChI is InChI=1S/C16H17Cl2N5O2/c17-11-5-4-10(7-12(11)18)16(25)19-8-14(24)23-6-2-1-3-13(23)15-20-9-21-22-15/h4-5,7,9,13H,1-3,6,8H2,(H,19,25)(H,20,21,22). The van der Waals surface area contributed by atoms with Crippen LogP contribution >= 0.6 is 23.2 Å². The van der Waals surface area contributed by atoms with Gasteiger partial charge in [-0.2, -0.15) is 5.10 Å². The topological polar surface area (TPSA) is 91.0 Å². The van der Waals surface area contributed by atoms with Gasteiger partial charge in [-0.25, -0.2) is 4.98 Å². The summed E-state index contributed by atoms with van der Waals surface area (Å²) in [7, 11) is 0. The second kappa shape index (κ2) is 7.84. The number of hydrogen-bond donors (Lipinski definition) is 2. The number of carbonyl (C=O) groups excluding carboxylic acids is 2. The Balaban J connectivity index is 1.62. The molecule has 2 N–H and O–H groups in total. The zero-order valence-corrected chi connectivity index (χ0v) is 14.8. The number of H-pyrrole nitrogens is 1. The Morgan fingerprint density at radius 2 is 2.12 bits per heavy atom. The molecule has 1 aliphatic rings. The Morgan fingerprint density at radius 3 is 2.84 bits per heavy atom. The molecule has 0 bridgehead atoms. The summed E-state index contributed by atoms with van der Waals surface area (Å²) in [5, 5.41) is 9.97. The van der Waals surface area contributed by atoms with Gasteiger partial charge < -0.3 is 10.2 Å². The fourth-order valence-electron chi connectivity index (χ4n) is 2.89. The molecule has 7 nitrogen and oxygen atoms in total. The van der Waals surface area contributed by atoms with Crippen LogP contribution in [0.2, 0.25) is 10.0 Å². The summed E-state index contributed by atoms with van der Waals surface area (Å²) >= 11 is 11.8. The van der Waals surface area contributed by atoms with E-state index < -0.39 is 0 Å². The van der Waals surface area contributed by atoms with E-state index in [-0.39, 0.29) is 24.4 Å². The highest BCUT2D eigenvalue weighted by molar-refractivity contribution is 6.42. The third kappa shape index (κ3) is 4.11. The third-order valence-corrected chi connectivity index (χ3v) is 4.89. The second-order valence-electron chi connectivity index (χ2n) is 5.78. The Labute approximate surface area is 154 Å². The minimum Gasteiger partial charge on any atom is -0.343 e. The van der Waals surface area contributed by atoms with Crippen LogP contribution < -0.4 is 5.32 Å². The molecule has 1 aliphatic heterocycles. The Kier molecular flexibility index (Phi) is 5.55. The van der Waals surface area contributed by atoms with Gasteiger partial charge in [0.25, 0.3) is 5.91 Å². The van der Waals surface area contributed by atoms with Crippen molar-refractivity contribution >= 4 is 35.0 Å². The zero-order valence-electron chi connectivity index (χ0n) is 13.3. The lowest BCUT2D eigenvalue weighted by Gasteiger charge is -2.34. The predicted molar refractivity (Wildman–Crippen MR) is 93.5 cm³/mol. The highest BCUT2D eigenvalue weighted by Gasteiger charge is 2.29. The van der Waals surface area contributed by atoms with Crippen LogP contribution in [0, 0.1) is 0 Å². The molecule has 1 aromatic carbocycles. The molecule has 0 aliphatic carbocycles. The number of likely N-dealkylation sites (tertiary alicyclic amines) is 1. The van der Waals surface area contributed by atoms with Crippen LogP contribution in [0.4, 0.5) is 0 Å². The lowest BCUT2D eigenvalue weighted by Crippen LogP contribution is -2.44. The van der Waals surface area contributed by atoms with Gasteiger partial charge in [0.2, 0.25) is 5.91 Å². The molecule has 25 heavy (non-hydrogen) atoms. The Morgan fingerprint density at radius 1 is 1.28 bits per heavy atom. The van der Waals surface area contributed by atoms with E-state index in [9.17, 15) is 9.59 Å². The number of amides is 2. The minimum atomic E-state index is -0.375. The molecule has 0 spiro atoms. The number of aromatic nitrogens is 3. The first-order valence-electron chi connectivity index (χ1n) is 7.94. The van der Waals surface area contributed by atoms with Gasteiger partial charge in [-0.05, 0) is 37.5 Å². The molecule has 1 saturated heterocycles. The van der Waals surface area contributed by atoms with Crippen molar-refractivity contribution in [3.63, 3.8) is 0 Å². The first kappa shape index (κ1) is 17.7. The molecule has 9 heteroatoms. The van der Waals surface area contributed by atoms with Crippen LogP contribution in [0.15, 0.2) is 24.5 Å². The summed E-state index contributed by atoms with van der Waals surface area (Å²) in [6.07, 6.45) is 4.20. The van der Waals surface area contributed by atoms with E-state index in [4.69, 9.17) is 23.2 Å². The number of nitrogens with zero attached hydrogens (tertiary/aromatic N) is 3. The van der Waals surface area contributed by atoms with Crippen molar-refractivity contribution in [2.24, 2.45) is 0 Å². The number of nitrogens with one attached hydrogen (secondary N) is 2. The van der Waals surface area contributed by atoms with Crippen LogP contribution in [0.1, 0.15) is 41.5 Å². The summed E-state index contributed by atoms with van der Waals surface area (Å²) in [6, 6.07) is 4.45. The molecule has 0 radical (unpaired) electrons. The highest BCUT2D eigenvalue weighted by atomic mass is 35.5. The van der Waals surface area contributed by atoms with E-state index in [2.05, 4.69) is 20.5 Å². The molecule has 1 atom stereocenters. The van der Waals surface area contributed by atoms with E-state index in [1.165, 1.54) is 12.4 Å². The van der Waals surface area contributed by atoms with Crippen LogP contribution in [0.5, 0.6) is 0 Å². The number of benzene rings is 1. The van der Waals surface area contributed by atoms with E-state index in [1.807, 2.05) is 0 Å². The summed E-state index contributed by atoms with van der Waals surface area (Å²) in [5.74, 6) is 0.138. The summed E-state index contributed by atoms with van der Waals surface area (Å²) in [5.41, 5.74) is 0.354. The fraction of sp³-hybridized carbons (Fsp3) is 0.375. The average molecular weight is 382 g/mol. The van der Waals surface area contributed by atoms with E-state index in [0.29, 0.717) is 28.0 Å². The van der Waals surface area contributed by atoms with Gasteiger partial charge in [0.1, 0.15) is 12.2 Å². The normalized spacial score (nSPS) is 17.4. The van der Waals surface area contributed by atoms with Crippen molar-refractivity contribution in [1.29, 1.82) is 0 Å². The molecule has 2 amide bonds. The number of rotatable bonds is 4. The maximum absolute atomic E-state index is 12.6. The molecule has 132 valence electrons. The molecule has 0 saturated carbocycles. The van der Waals surface area contributed by atoms with Gasteiger partial charge >= 0.3 is 0 Å². The smallest absolute Gasteiger partial charge is 0.251 e. The van der Waals surface area contributed by atoms with Crippen LogP contribution in [-0.4, -0.2) is 45.0 Å². The van der Waals surface area contributed by atoms with Crippen molar-refractivity contribution < 1.29 is 9.59 Å². The van der Waals surface area contributed by atoms with E-state index in [0.717, 1.165) is 19.3 Å². The first-order valence-corrected chi connectivity index (χ1v) is 8.70. The Bertz CT molecular complexity index is 766. The second-order valence-corrected chi connectivity index (χ2v) is 6.60. The highest BCUT2D eigenvalue weighted by Crippen LogP contribution is 2.28. The molecule has 2 aromatic rings. The number of carbonyl (C=O) groups is 2. The van der Waals surface area contributed by atoms with Gasteiger partial charge in [-0.1, -0.05) is 23.2 Å². The van der Waals surface area contributed by atoms with Crippen molar-refractivity contribution in [1.82, 2.24) is 25.4 Å². The molecule has 1 unspecified atom stereocenters. The van der Waals surface area contributed by atoms with Gasteiger partial charge in [0, 0.05) is 12.1 Å². The quantitative estimate of drug-likeness (QED) is 0.851. The van der Waals surface area contributed by atoms with E-state index >= 15 is 0 Å². The lowest BCUT2D eigenvalue weighted by atomic mass is 10.0. The fourth-order valence-corrected chi connectivity index (χ4v) is 3.18. The van der Waals surface area contributed by atoms with Crippen LogP contribution in [0.3, 0.4) is 0 Å². The van der Waals surface area contributed by atoms with Crippen LogP contribution in [-0.2, 0) is 4.79 Å². The monoisotopic (exact) mass is 381 g/mol. The number of hydrogen-bond acceptors (Lipinski definition) is 4. The molecule has 2 heterocycles. The predicted octanol–water partition coefficient (Wildman–Crippen LogP) is 2.60.